The number of hydrogen-bond acceptors (Lipinski definition) is 4. The SMILES string of the molecule is Cn1cncc1CN1CCCN(C(=O)c2ccoc2)CC1. The van der Waals surface area contributed by atoms with Crippen LogP contribution in [0.4, 0.5) is 0 Å². The van der Waals surface area contributed by atoms with Crippen LogP contribution in [-0.2, 0) is 13.6 Å². The van der Waals surface area contributed by atoms with Crippen LogP contribution in [0, 0.1) is 0 Å². The average Bonchev–Trinajstić information content (AvgIpc) is 3.08. The molecule has 6 nitrogen and oxygen atoms in total. The summed E-state index contributed by atoms with van der Waals surface area (Å²) in [5.41, 5.74) is 1.83. The van der Waals surface area contributed by atoms with Crippen LogP contribution in [0.5, 0.6) is 0 Å². The van der Waals surface area contributed by atoms with Gasteiger partial charge in [0.1, 0.15) is 6.26 Å². The molecule has 0 saturated carbocycles. The molecule has 0 N–H and O–H groups in total. The highest BCUT2D eigenvalue weighted by atomic mass is 16.3. The molecule has 0 unspecified atom stereocenters. The first-order valence-corrected chi connectivity index (χ1v) is 7.23. The molecule has 1 fully saturated rings. The molecule has 2 aromatic rings. The van der Waals surface area contributed by atoms with Gasteiger partial charge in [-0.2, -0.15) is 0 Å². The Morgan fingerprint density at radius 1 is 1.33 bits per heavy atom. The second kappa shape index (κ2) is 6.13. The van der Waals surface area contributed by atoms with E-state index in [9.17, 15) is 4.79 Å². The number of furan rings is 1. The molecule has 1 aliphatic rings. The summed E-state index contributed by atoms with van der Waals surface area (Å²) in [7, 11) is 2.01. The van der Waals surface area contributed by atoms with Crippen LogP contribution in [0.15, 0.2) is 35.5 Å². The van der Waals surface area contributed by atoms with Crippen molar-refractivity contribution in [3.8, 4) is 0 Å². The van der Waals surface area contributed by atoms with Crippen molar-refractivity contribution >= 4 is 5.91 Å². The Balaban J connectivity index is 1.59. The number of aryl methyl sites for hydroxylation is 1. The average molecular weight is 288 g/mol. The minimum Gasteiger partial charge on any atom is -0.472 e. The zero-order valence-electron chi connectivity index (χ0n) is 12.2. The van der Waals surface area contributed by atoms with Gasteiger partial charge in [-0.25, -0.2) is 4.98 Å². The summed E-state index contributed by atoms with van der Waals surface area (Å²) >= 11 is 0. The predicted molar refractivity (Wildman–Crippen MR) is 77.7 cm³/mol. The van der Waals surface area contributed by atoms with Gasteiger partial charge in [0.15, 0.2) is 0 Å². The van der Waals surface area contributed by atoms with Crippen LogP contribution >= 0.6 is 0 Å². The largest absolute Gasteiger partial charge is 0.472 e. The van der Waals surface area contributed by atoms with Crippen LogP contribution < -0.4 is 0 Å². The van der Waals surface area contributed by atoms with Gasteiger partial charge in [-0.15, -0.1) is 0 Å². The zero-order valence-corrected chi connectivity index (χ0v) is 12.2. The Hall–Kier alpha value is -2.08. The summed E-state index contributed by atoms with van der Waals surface area (Å²) in [6.45, 7) is 4.31. The lowest BCUT2D eigenvalue weighted by molar-refractivity contribution is 0.0760. The predicted octanol–water partition coefficient (Wildman–Crippen LogP) is 1.36. The molecule has 3 heterocycles. The number of aromatic nitrogens is 2. The maximum Gasteiger partial charge on any atom is 0.257 e. The molecule has 1 amide bonds. The molecule has 0 radical (unpaired) electrons. The number of nitrogens with zero attached hydrogens (tertiary/aromatic N) is 4. The van der Waals surface area contributed by atoms with Crippen molar-refractivity contribution < 1.29 is 9.21 Å². The van der Waals surface area contributed by atoms with Gasteiger partial charge >= 0.3 is 0 Å². The molecule has 3 rings (SSSR count). The molecule has 0 aliphatic carbocycles. The highest BCUT2D eigenvalue weighted by molar-refractivity contribution is 5.93. The zero-order chi connectivity index (χ0) is 14.7. The lowest BCUT2D eigenvalue weighted by Gasteiger charge is -2.21. The third-order valence-corrected chi connectivity index (χ3v) is 3.95. The Kier molecular flexibility index (Phi) is 4.06. The van der Waals surface area contributed by atoms with Gasteiger partial charge in [-0.1, -0.05) is 0 Å². The number of carbonyl (C=O) groups excluding carboxylic acids is 1. The van der Waals surface area contributed by atoms with Gasteiger partial charge in [0.25, 0.3) is 5.91 Å². The van der Waals surface area contributed by atoms with Gasteiger partial charge in [0, 0.05) is 46.0 Å². The smallest absolute Gasteiger partial charge is 0.257 e. The number of hydrogen-bond donors (Lipinski definition) is 0. The van der Waals surface area contributed by atoms with Crippen molar-refractivity contribution in [3.05, 3.63) is 42.4 Å². The Morgan fingerprint density at radius 3 is 2.95 bits per heavy atom. The van der Waals surface area contributed by atoms with Crippen molar-refractivity contribution in [2.75, 3.05) is 26.2 Å². The summed E-state index contributed by atoms with van der Waals surface area (Å²) < 4.78 is 7.04. The molecule has 0 spiro atoms. The standard InChI is InChI=1S/C15H20N4O2/c1-17-12-16-9-14(17)10-18-4-2-5-19(7-6-18)15(20)13-3-8-21-11-13/h3,8-9,11-12H,2,4-7,10H2,1H3. The number of amides is 1. The second-order valence-electron chi connectivity index (χ2n) is 5.43. The molecular formula is C15H20N4O2. The molecule has 112 valence electrons. The van der Waals surface area contributed by atoms with E-state index in [1.165, 1.54) is 12.0 Å². The monoisotopic (exact) mass is 288 g/mol. The molecule has 6 heteroatoms. The molecule has 21 heavy (non-hydrogen) atoms. The van der Waals surface area contributed by atoms with Crippen LogP contribution in [0.3, 0.4) is 0 Å². The molecule has 1 aliphatic heterocycles. The topological polar surface area (TPSA) is 54.5 Å². The first-order chi connectivity index (χ1) is 10.2. The fraction of sp³-hybridized carbons (Fsp3) is 0.467. The highest BCUT2D eigenvalue weighted by Crippen LogP contribution is 2.11. The second-order valence-corrected chi connectivity index (χ2v) is 5.43. The van der Waals surface area contributed by atoms with Gasteiger partial charge < -0.3 is 13.9 Å². The quantitative estimate of drug-likeness (QED) is 0.856. The van der Waals surface area contributed by atoms with Gasteiger partial charge in [0.2, 0.25) is 0 Å². The summed E-state index contributed by atoms with van der Waals surface area (Å²) in [6, 6.07) is 1.72. The summed E-state index contributed by atoms with van der Waals surface area (Å²) in [5.74, 6) is 0.0612. The Bertz CT molecular complexity index is 591. The van der Waals surface area contributed by atoms with Crippen molar-refractivity contribution in [2.45, 2.75) is 13.0 Å². The van der Waals surface area contributed by atoms with Crippen LogP contribution in [0.2, 0.25) is 0 Å². The number of carbonyl (C=O) groups is 1. The first kappa shape index (κ1) is 13.9. The van der Waals surface area contributed by atoms with E-state index >= 15 is 0 Å². The van der Waals surface area contributed by atoms with Gasteiger partial charge in [-0.3, -0.25) is 9.69 Å². The Morgan fingerprint density at radius 2 is 2.24 bits per heavy atom. The molecule has 2 aromatic heterocycles. The van der Waals surface area contributed by atoms with Crippen molar-refractivity contribution in [1.82, 2.24) is 19.4 Å². The number of imidazole rings is 1. The van der Waals surface area contributed by atoms with Crippen LogP contribution in [-0.4, -0.2) is 51.4 Å². The number of rotatable bonds is 3. The summed E-state index contributed by atoms with van der Waals surface area (Å²) in [4.78, 5) is 20.8. The van der Waals surface area contributed by atoms with E-state index in [1.54, 1.807) is 12.3 Å². The lowest BCUT2D eigenvalue weighted by atomic mass is 10.3. The summed E-state index contributed by atoms with van der Waals surface area (Å²) in [5, 5.41) is 0. The van der Waals surface area contributed by atoms with E-state index < -0.39 is 0 Å². The van der Waals surface area contributed by atoms with E-state index in [-0.39, 0.29) is 5.91 Å². The third kappa shape index (κ3) is 3.16. The van der Waals surface area contributed by atoms with E-state index in [0.29, 0.717) is 5.56 Å². The first-order valence-electron chi connectivity index (χ1n) is 7.23. The van der Waals surface area contributed by atoms with Crippen molar-refractivity contribution in [2.24, 2.45) is 7.05 Å². The highest BCUT2D eigenvalue weighted by Gasteiger charge is 2.21. The van der Waals surface area contributed by atoms with E-state index in [0.717, 1.165) is 39.1 Å². The maximum absolute atomic E-state index is 12.3. The third-order valence-electron chi connectivity index (χ3n) is 3.95. The van der Waals surface area contributed by atoms with Crippen molar-refractivity contribution in [3.63, 3.8) is 0 Å². The minimum absolute atomic E-state index is 0.0612. The van der Waals surface area contributed by atoms with Gasteiger partial charge in [-0.05, 0) is 12.5 Å². The molecule has 0 aromatic carbocycles. The van der Waals surface area contributed by atoms with Crippen molar-refractivity contribution in [1.29, 1.82) is 0 Å². The molecule has 0 bridgehead atoms. The normalized spacial score (nSPS) is 16.9. The molecule has 0 atom stereocenters. The maximum atomic E-state index is 12.3. The van der Waals surface area contributed by atoms with E-state index in [1.807, 2.05) is 29.0 Å². The lowest BCUT2D eigenvalue weighted by Crippen LogP contribution is -2.35. The fourth-order valence-electron chi connectivity index (χ4n) is 2.67. The minimum atomic E-state index is 0.0612. The summed E-state index contributed by atoms with van der Waals surface area (Å²) in [6.07, 6.45) is 7.77. The van der Waals surface area contributed by atoms with Crippen LogP contribution in [0.25, 0.3) is 0 Å². The van der Waals surface area contributed by atoms with E-state index in [4.69, 9.17) is 4.42 Å². The van der Waals surface area contributed by atoms with Crippen LogP contribution in [0.1, 0.15) is 22.5 Å². The molecule has 1 saturated heterocycles. The van der Waals surface area contributed by atoms with E-state index in [2.05, 4.69) is 9.88 Å². The fourth-order valence-corrected chi connectivity index (χ4v) is 2.67. The molecular weight excluding hydrogens is 268 g/mol. The Labute approximate surface area is 124 Å². The van der Waals surface area contributed by atoms with Gasteiger partial charge in [0.05, 0.1) is 23.8 Å².